The summed E-state index contributed by atoms with van der Waals surface area (Å²) >= 11 is 0. The molecule has 0 saturated heterocycles. The van der Waals surface area contributed by atoms with Crippen molar-refractivity contribution < 1.29 is 14.5 Å². The maximum absolute atomic E-state index is 12.1. The third-order valence-electron chi connectivity index (χ3n) is 3.65. The van der Waals surface area contributed by atoms with Crippen molar-refractivity contribution in [3.63, 3.8) is 0 Å². The van der Waals surface area contributed by atoms with Crippen LogP contribution in [0, 0.1) is 10.1 Å². The molecule has 0 aliphatic carbocycles. The number of hydrogen-bond acceptors (Lipinski definition) is 4. The number of carbonyl (C=O) groups excluding carboxylic acids is 2. The number of nitrogens with one attached hydrogen (secondary N) is 2. The van der Waals surface area contributed by atoms with E-state index in [9.17, 15) is 19.7 Å². The van der Waals surface area contributed by atoms with E-state index in [0.29, 0.717) is 5.56 Å². The minimum Gasteiger partial charge on any atom is -0.267 e. The number of rotatable bonds is 3. The summed E-state index contributed by atoms with van der Waals surface area (Å²) in [6.45, 7) is 6.19. The minimum absolute atomic E-state index is 0.0323. The van der Waals surface area contributed by atoms with Crippen LogP contribution in [0.4, 0.5) is 5.69 Å². The van der Waals surface area contributed by atoms with Crippen LogP contribution >= 0.6 is 0 Å². The van der Waals surface area contributed by atoms with E-state index < -0.39 is 16.7 Å². The molecule has 0 heterocycles. The fraction of sp³-hybridized carbons (Fsp3) is 0.222. The second kappa shape index (κ2) is 7.12. The Morgan fingerprint density at radius 2 is 1.48 bits per heavy atom. The first-order valence-corrected chi connectivity index (χ1v) is 7.65. The Morgan fingerprint density at radius 3 is 2.04 bits per heavy atom. The smallest absolute Gasteiger partial charge is 0.267 e. The van der Waals surface area contributed by atoms with E-state index in [1.165, 1.54) is 24.3 Å². The average Bonchev–Trinajstić information content (AvgIpc) is 2.58. The molecule has 130 valence electrons. The van der Waals surface area contributed by atoms with Crippen LogP contribution in [-0.2, 0) is 5.41 Å². The van der Waals surface area contributed by atoms with Crippen molar-refractivity contribution in [3.8, 4) is 0 Å². The molecule has 0 saturated carbocycles. The third-order valence-corrected chi connectivity index (χ3v) is 3.65. The molecule has 0 spiro atoms. The molecular weight excluding hydrogens is 322 g/mol. The number of hydrazine groups is 1. The normalized spacial score (nSPS) is 10.8. The van der Waals surface area contributed by atoms with Gasteiger partial charge in [-0.05, 0) is 29.2 Å². The highest BCUT2D eigenvalue weighted by Crippen LogP contribution is 2.22. The molecule has 0 bridgehead atoms. The van der Waals surface area contributed by atoms with Gasteiger partial charge in [0.05, 0.1) is 4.92 Å². The maximum Gasteiger partial charge on any atom is 0.282 e. The van der Waals surface area contributed by atoms with Gasteiger partial charge in [0.2, 0.25) is 0 Å². The standard InChI is InChI=1S/C18H19N3O4/c1-18(2,3)13-10-8-12(9-11-13)16(22)19-20-17(23)14-6-4-5-7-15(14)21(24)25/h4-11H,1-3H3,(H,19,22)(H,20,23). The van der Waals surface area contributed by atoms with Gasteiger partial charge in [-0.25, -0.2) is 0 Å². The second-order valence-electron chi connectivity index (χ2n) is 6.51. The Labute approximate surface area is 145 Å². The lowest BCUT2D eigenvalue weighted by Gasteiger charge is -2.19. The molecule has 2 rings (SSSR count). The molecule has 2 aromatic carbocycles. The van der Waals surface area contributed by atoms with Crippen LogP contribution in [0.25, 0.3) is 0 Å². The summed E-state index contributed by atoms with van der Waals surface area (Å²) < 4.78 is 0. The van der Waals surface area contributed by atoms with Gasteiger partial charge in [0, 0.05) is 11.6 Å². The molecule has 2 aromatic rings. The number of amides is 2. The Balaban J connectivity index is 2.05. The molecule has 0 aliphatic heterocycles. The van der Waals surface area contributed by atoms with Crippen LogP contribution in [0.2, 0.25) is 0 Å². The van der Waals surface area contributed by atoms with Crippen molar-refractivity contribution in [3.05, 3.63) is 75.3 Å². The summed E-state index contributed by atoms with van der Waals surface area (Å²) in [4.78, 5) is 34.4. The lowest BCUT2D eigenvalue weighted by atomic mass is 9.87. The van der Waals surface area contributed by atoms with Crippen LogP contribution in [0.15, 0.2) is 48.5 Å². The highest BCUT2D eigenvalue weighted by Gasteiger charge is 2.20. The van der Waals surface area contributed by atoms with E-state index in [1.54, 1.807) is 12.1 Å². The topological polar surface area (TPSA) is 101 Å². The van der Waals surface area contributed by atoms with E-state index in [0.717, 1.165) is 5.56 Å². The van der Waals surface area contributed by atoms with Crippen molar-refractivity contribution >= 4 is 17.5 Å². The molecule has 2 N–H and O–H groups in total. The van der Waals surface area contributed by atoms with Crippen LogP contribution in [0.5, 0.6) is 0 Å². The SMILES string of the molecule is CC(C)(C)c1ccc(C(=O)NNC(=O)c2ccccc2[N+](=O)[O-])cc1. The molecule has 0 radical (unpaired) electrons. The molecule has 7 nitrogen and oxygen atoms in total. The van der Waals surface area contributed by atoms with Gasteiger partial charge >= 0.3 is 0 Å². The number of benzene rings is 2. The summed E-state index contributed by atoms with van der Waals surface area (Å²) in [5, 5.41) is 10.9. The summed E-state index contributed by atoms with van der Waals surface area (Å²) in [6.07, 6.45) is 0. The van der Waals surface area contributed by atoms with Crippen LogP contribution in [-0.4, -0.2) is 16.7 Å². The maximum atomic E-state index is 12.1. The Hall–Kier alpha value is -3.22. The summed E-state index contributed by atoms with van der Waals surface area (Å²) in [5.41, 5.74) is 5.41. The van der Waals surface area contributed by atoms with Crippen molar-refractivity contribution in [2.24, 2.45) is 0 Å². The summed E-state index contributed by atoms with van der Waals surface area (Å²) in [6, 6.07) is 12.5. The van der Waals surface area contributed by atoms with Crippen LogP contribution < -0.4 is 10.9 Å². The van der Waals surface area contributed by atoms with Gasteiger partial charge in [0.25, 0.3) is 17.5 Å². The Morgan fingerprint density at radius 1 is 0.920 bits per heavy atom. The first-order chi connectivity index (χ1) is 11.7. The molecule has 7 heteroatoms. The van der Waals surface area contributed by atoms with E-state index >= 15 is 0 Å². The predicted molar refractivity (Wildman–Crippen MR) is 93.2 cm³/mol. The van der Waals surface area contributed by atoms with Gasteiger partial charge in [0.1, 0.15) is 5.56 Å². The molecule has 2 amide bonds. The Bertz CT molecular complexity index is 808. The molecule has 0 aromatic heterocycles. The average molecular weight is 341 g/mol. The number of nitrogens with zero attached hydrogens (tertiary/aromatic N) is 1. The highest BCUT2D eigenvalue weighted by atomic mass is 16.6. The first kappa shape index (κ1) is 18.1. The molecule has 0 fully saturated rings. The predicted octanol–water partition coefficient (Wildman–Crippen LogP) is 2.97. The zero-order valence-corrected chi connectivity index (χ0v) is 14.2. The lowest BCUT2D eigenvalue weighted by molar-refractivity contribution is -0.385. The molecule has 0 aliphatic rings. The molecule has 0 atom stereocenters. The molecule has 25 heavy (non-hydrogen) atoms. The van der Waals surface area contributed by atoms with E-state index in [-0.39, 0.29) is 16.7 Å². The van der Waals surface area contributed by atoms with Crippen molar-refractivity contribution in [2.75, 3.05) is 0 Å². The summed E-state index contributed by atoms with van der Waals surface area (Å²) in [5.74, 6) is -1.26. The monoisotopic (exact) mass is 341 g/mol. The highest BCUT2D eigenvalue weighted by molar-refractivity contribution is 6.01. The van der Waals surface area contributed by atoms with E-state index in [2.05, 4.69) is 31.6 Å². The van der Waals surface area contributed by atoms with Gasteiger partial charge in [-0.1, -0.05) is 45.0 Å². The van der Waals surface area contributed by atoms with E-state index in [1.807, 2.05) is 12.1 Å². The molecule has 0 unspecified atom stereocenters. The molecular formula is C18H19N3O4. The number of nitro groups is 1. The van der Waals surface area contributed by atoms with Gasteiger partial charge in [-0.15, -0.1) is 0 Å². The zero-order valence-electron chi connectivity index (χ0n) is 14.2. The van der Waals surface area contributed by atoms with Gasteiger partial charge in [-0.2, -0.15) is 0 Å². The van der Waals surface area contributed by atoms with Crippen LogP contribution in [0.3, 0.4) is 0 Å². The number of para-hydroxylation sites is 1. The fourth-order valence-electron chi connectivity index (χ4n) is 2.20. The number of nitro benzene ring substituents is 1. The fourth-order valence-corrected chi connectivity index (χ4v) is 2.20. The van der Waals surface area contributed by atoms with Gasteiger partial charge in [0.15, 0.2) is 0 Å². The van der Waals surface area contributed by atoms with Gasteiger partial charge < -0.3 is 0 Å². The quantitative estimate of drug-likeness (QED) is 0.662. The first-order valence-electron chi connectivity index (χ1n) is 7.65. The second-order valence-corrected chi connectivity index (χ2v) is 6.51. The van der Waals surface area contributed by atoms with Crippen molar-refractivity contribution in [1.82, 2.24) is 10.9 Å². The number of hydrogen-bond donors (Lipinski definition) is 2. The lowest BCUT2D eigenvalue weighted by Crippen LogP contribution is -2.41. The minimum atomic E-state index is -0.757. The van der Waals surface area contributed by atoms with Crippen molar-refractivity contribution in [2.45, 2.75) is 26.2 Å². The van der Waals surface area contributed by atoms with Crippen molar-refractivity contribution in [1.29, 1.82) is 0 Å². The van der Waals surface area contributed by atoms with Crippen LogP contribution in [0.1, 0.15) is 47.1 Å². The largest absolute Gasteiger partial charge is 0.282 e. The summed E-state index contributed by atoms with van der Waals surface area (Å²) in [7, 11) is 0. The zero-order chi connectivity index (χ0) is 18.6. The third kappa shape index (κ3) is 4.41. The van der Waals surface area contributed by atoms with Gasteiger partial charge in [-0.3, -0.25) is 30.6 Å². The number of carbonyl (C=O) groups is 2. The van der Waals surface area contributed by atoms with E-state index in [4.69, 9.17) is 0 Å². The Kier molecular flexibility index (Phi) is 5.17.